The van der Waals surface area contributed by atoms with Gasteiger partial charge in [0.1, 0.15) is 11.9 Å². The highest BCUT2D eigenvalue weighted by Crippen LogP contribution is 2.42. The highest BCUT2D eigenvalue weighted by atomic mass is 16.5. The maximum absolute atomic E-state index is 13.4. The summed E-state index contributed by atoms with van der Waals surface area (Å²) in [6.45, 7) is 11.0. The number of anilines is 1. The molecular formula is C28H34N4O4. The van der Waals surface area contributed by atoms with E-state index in [1.165, 1.54) is 0 Å². The van der Waals surface area contributed by atoms with Gasteiger partial charge in [-0.3, -0.25) is 14.3 Å². The molecule has 0 spiro atoms. The fourth-order valence-electron chi connectivity index (χ4n) is 4.59. The molecule has 2 atom stereocenters. The van der Waals surface area contributed by atoms with E-state index in [9.17, 15) is 9.59 Å². The van der Waals surface area contributed by atoms with E-state index in [2.05, 4.69) is 29.6 Å². The van der Waals surface area contributed by atoms with E-state index < -0.39 is 12.0 Å². The topological polar surface area (TPSA) is 94.5 Å². The van der Waals surface area contributed by atoms with Crippen LogP contribution >= 0.6 is 0 Å². The number of ether oxygens (including phenoxy) is 2. The van der Waals surface area contributed by atoms with Crippen molar-refractivity contribution in [1.29, 1.82) is 0 Å². The SMILES string of the molecule is CCOc1cc([C@@H]2c3c(C)nn(C)c3NC(=O)[C@H]2NC(=O)c2cccc(C)c2)ccc1OCC(C)C. The predicted molar refractivity (Wildman–Crippen MR) is 139 cm³/mol. The second-order valence-corrected chi connectivity index (χ2v) is 9.60. The van der Waals surface area contributed by atoms with Crippen LogP contribution in [0.4, 0.5) is 5.82 Å². The number of rotatable bonds is 8. The van der Waals surface area contributed by atoms with Crippen LogP contribution in [0, 0.1) is 19.8 Å². The molecule has 0 unspecified atom stereocenters. The van der Waals surface area contributed by atoms with E-state index in [4.69, 9.17) is 9.47 Å². The fraction of sp³-hybridized carbons (Fsp3) is 0.393. The molecule has 2 N–H and O–H groups in total. The number of aryl methyl sites for hydroxylation is 3. The number of fused-ring (bicyclic) bond motifs is 1. The van der Waals surface area contributed by atoms with E-state index in [0.717, 1.165) is 22.4 Å². The summed E-state index contributed by atoms with van der Waals surface area (Å²) >= 11 is 0. The smallest absolute Gasteiger partial charge is 0.251 e. The number of benzene rings is 2. The number of carbonyl (C=O) groups is 2. The Hall–Kier alpha value is -3.81. The lowest BCUT2D eigenvalue weighted by Gasteiger charge is -2.33. The standard InChI is InChI=1S/C28H34N4O4/c1-7-35-22-14-19(11-12-21(22)36-15-16(2)3)24-23-18(5)31-32(6)26(23)30-28(34)25(24)29-27(33)20-10-8-9-17(4)13-20/h8-14,16,24-25H,7,15H2,1-6H3,(H,29,33)(H,30,34)/t24-,25+/m1/s1. The Bertz CT molecular complexity index is 1280. The molecule has 3 aromatic rings. The molecule has 4 rings (SSSR count). The van der Waals surface area contributed by atoms with E-state index >= 15 is 0 Å². The van der Waals surface area contributed by atoms with Gasteiger partial charge in [-0.25, -0.2) is 0 Å². The van der Waals surface area contributed by atoms with E-state index in [-0.39, 0.29) is 11.8 Å². The summed E-state index contributed by atoms with van der Waals surface area (Å²) in [5.41, 5.74) is 3.95. The summed E-state index contributed by atoms with van der Waals surface area (Å²) in [4.78, 5) is 26.6. The van der Waals surface area contributed by atoms with Gasteiger partial charge >= 0.3 is 0 Å². The molecule has 8 heteroatoms. The van der Waals surface area contributed by atoms with Crippen molar-refractivity contribution in [3.63, 3.8) is 0 Å². The Kier molecular flexibility index (Phi) is 7.33. The monoisotopic (exact) mass is 490 g/mol. The molecule has 1 aromatic heterocycles. The molecule has 8 nitrogen and oxygen atoms in total. The Morgan fingerprint density at radius 3 is 2.61 bits per heavy atom. The van der Waals surface area contributed by atoms with Crippen LogP contribution in [0.3, 0.4) is 0 Å². The van der Waals surface area contributed by atoms with Crippen molar-refractivity contribution < 1.29 is 19.1 Å². The summed E-state index contributed by atoms with van der Waals surface area (Å²) < 4.78 is 13.6. The number of carbonyl (C=O) groups excluding carboxylic acids is 2. The van der Waals surface area contributed by atoms with Gasteiger partial charge in [-0.05, 0) is 56.5 Å². The third-order valence-corrected chi connectivity index (χ3v) is 6.20. The Balaban J connectivity index is 1.78. The molecule has 0 saturated carbocycles. The van der Waals surface area contributed by atoms with Gasteiger partial charge in [0.25, 0.3) is 5.91 Å². The maximum atomic E-state index is 13.4. The Morgan fingerprint density at radius 2 is 1.92 bits per heavy atom. The first kappa shape index (κ1) is 25.3. The van der Waals surface area contributed by atoms with Crippen molar-refractivity contribution in [3.05, 3.63) is 70.4 Å². The molecule has 36 heavy (non-hydrogen) atoms. The molecule has 1 aliphatic rings. The Morgan fingerprint density at radius 1 is 1.14 bits per heavy atom. The number of hydrogen-bond donors (Lipinski definition) is 2. The van der Waals surface area contributed by atoms with Gasteiger partial charge in [-0.15, -0.1) is 0 Å². The lowest BCUT2D eigenvalue weighted by molar-refractivity contribution is -0.118. The third-order valence-electron chi connectivity index (χ3n) is 6.20. The number of nitrogens with one attached hydrogen (secondary N) is 2. The number of aromatic nitrogens is 2. The predicted octanol–water partition coefficient (Wildman–Crippen LogP) is 4.35. The highest BCUT2D eigenvalue weighted by Gasteiger charge is 2.41. The van der Waals surface area contributed by atoms with E-state index in [0.29, 0.717) is 42.0 Å². The lowest BCUT2D eigenvalue weighted by Crippen LogP contribution is -2.50. The fourth-order valence-corrected chi connectivity index (χ4v) is 4.59. The van der Waals surface area contributed by atoms with Crippen LogP contribution in [0.2, 0.25) is 0 Å². The third kappa shape index (κ3) is 5.08. The van der Waals surface area contributed by atoms with Crippen molar-refractivity contribution in [2.24, 2.45) is 13.0 Å². The van der Waals surface area contributed by atoms with Crippen LogP contribution in [0.5, 0.6) is 11.5 Å². The van der Waals surface area contributed by atoms with Crippen molar-refractivity contribution >= 4 is 17.6 Å². The van der Waals surface area contributed by atoms with Gasteiger partial charge in [-0.1, -0.05) is 37.6 Å². The zero-order chi connectivity index (χ0) is 26.0. The van der Waals surface area contributed by atoms with E-state index in [1.54, 1.807) is 23.9 Å². The minimum absolute atomic E-state index is 0.297. The molecule has 0 bridgehead atoms. The summed E-state index contributed by atoms with van der Waals surface area (Å²) in [6.07, 6.45) is 0. The first-order chi connectivity index (χ1) is 17.2. The van der Waals surface area contributed by atoms with Gasteiger partial charge in [0, 0.05) is 24.1 Å². The van der Waals surface area contributed by atoms with Crippen molar-refractivity contribution in [1.82, 2.24) is 15.1 Å². The van der Waals surface area contributed by atoms with Crippen LogP contribution in [-0.2, 0) is 11.8 Å². The average Bonchev–Trinajstić information content (AvgIpc) is 3.11. The summed E-state index contributed by atoms with van der Waals surface area (Å²) in [5, 5.41) is 10.5. The number of hydrogen-bond acceptors (Lipinski definition) is 5. The van der Waals surface area contributed by atoms with Crippen molar-refractivity contribution in [3.8, 4) is 11.5 Å². The number of amides is 2. The quantitative estimate of drug-likeness (QED) is 0.490. The van der Waals surface area contributed by atoms with Crippen LogP contribution < -0.4 is 20.1 Å². The molecule has 1 aliphatic heterocycles. The van der Waals surface area contributed by atoms with Crippen molar-refractivity contribution in [2.75, 3.05) is 18.5 Å². The average molecular weight is 491 g/mol. The maximum Gasteiger partial charge on any atom is 0.251 e. The minimum atomic E-state index is -0.842. The van der Waals surface area contributed by atoms with E-state index in [1.807, 2.05) is 51.1 Å². The van der Waals surface area contributed by atoms with Gasteiger partial charge in [0.2, 0.25) is 5.91 Å². The Labute approximate surface area is 212 Å². The molecule has 2 aromatic carbocycles. The normalized spacial score (nSPS) is 16.9. The molecule has 2 amide bonds. The van der Waals surface area contributed by atoms with Gasteiger partial charge in [-0.2, -0.15) is 5.10 Å². The van der Waals surface area contributed by atoms with Crippen LogP contribution in [0.25, 0.3) is 0 Å². The first-order valence-corrected chi connectivity index (χ1v) is 12.3. The van der Waals surface area contributed by atoms with Gasteiger partial charge in [0.15, 0.2) is 11.5 Å². The molecular weight excluding hydrogens is 456 g/mol. The van der Waals surface area contributed by atoms with Crippen LogP contribution in [0.1, 0.15) is 59.4 Å². The largest absolute Gasteiger partial charge is 0.490 e. The molecule has 0 saturated heterocycles. The van der Waals surface area contributed by atoms with Crippen molar-refractivity contribution in [2.45, 2.75) is 46.6 Å². The summed E-state index contributed by atoms with van der Waals surface area (Å²) in [7, 11) is 1.79. The first-order valence-electron chi connectivity index (χ1n) is 12.3. The molecule has 0 aliphatic carbocycles. The van der Waals surface area contributed by atoms with Crippen LogP contribution in [0.15, 0.2) is 42.5 Å². The summed E-state index contributed by atoms with van der Waals surface area (Å²) in [5.74, 6) is 1.18. The minimum Gasteiger partial charge on any atom is -0.490 e. The second-order valence-electron chi connectivity index (χ2n) is 9.60. The second kappa shape index (κ2) is 10.4. The van der Waals surface area contributed by atoms with Gasteiger partial charge in [0.05, 0.1) is 18.9 Å². The summed E-state index contributed by atoms with van der Waals surface area (Å²) in [6, 6.07) is 12.2. The molecule has 190 valence electrons. The highest BCUT2D eigenvalue weighted by molar-refractivity contribution is 6.04. The molecule has 0 fully saturated rings. The van der Waals surface area contributed by atoms with Gasteiger partial charge < -0.3 is 20.1 Å². The number of nitrogens with zero attached hydrogens (tertiary/aromatic N) is 2. The lowest BCUT2D eigenvalue weighted by atomic mass is 9.81. The van der Waals surface area contributed by atoms with Crippen LogP contribution in [-0.4, -0.2) is 40.9 Å². The molecule has 0 radical (unpaired) electrons. The zero-order valence-corrected chi connectivity index (χ0v) is 21.7. The molecule has 2 heterocycles. The zero-order valence-electron chi connectivity index (χ0n) is 21.7.